The van der Waals surface area contributed by atoms with Crippen molar-refractivity contribution in [1.82, 2.24) is 25.3 Å². The highest BCUT2D eigenvalue weighted by Gasteiger charge is 2.69. The molecule has 2 aromatic heterocycles. The molecule has 9 nitrogen and oxygen atoms in total. The topological polar surface area (TPSA) is 100 Å². The molecule has 5 heterocycles. The summed E-state index contributed by atoms with van der Waals surface area (Å²) in [5.41, 5.74) is 2.97. The zero-order valence-electron chi connectivity index (χ0n) is 19.8. The van der Waals surface area contributed by atoms with Gasteiger partial charge in [-0.15, -0.1) is 5.10 Å². The molecule has 2 saturated heterocycles. The summed E-state index contributed by atoms with van der Waals surface area (Å²) in [7, 11) is 0. The van der Waals surface area contributed by atoms with Crippen molar-refractivity contribution >= 4 is 16.8 Å². The molecule has 3 aromatic rings. The number of carbonyl (C=O) groups is 1. The van der Waals surface area contributed by atoms with Gasteiger partial charge in [0, 0.05) is 31.0 Å². The van der Waals surface area contributed by atoms with Crippen LogP contribution in [0.15, 0.2) is 30.6 Å². The smallest absolute Gasteiger partial charge is 0.251 e. The molecule has 4 aliphatic rings. The van der Waals surface area contributed by atoms with Gasteiger partial charge in [-0.2, -0.15) is 0 Å². The Morgan fingerprint density at radius 2 is 2.26 bits per heavy atom. The van der Waals surface area contributed by atoms with E-state index in [-0.39, 0.29) is 24.2 Å². The van der Waals surface area contributed by atoms with E-state index in [0.717, 1.165) is 28.6 Å². The number of nitrogens with zero attached hydrogens (tertiary/aromatic N) is 4. The van der Waals surface area contributed by atoms with Gasteiger partial charge in [0.2, 0.25) is 0 Å². The van der Waals surface area contributed by atoms with Crippen molar-refractivity contribution in [2.45, 2.75) is 63.1 Å². The Labute approximate surface area is 201 Å². The number of alkyl halides is 1. The van der Waals surface area contributed by atoms with Crippen LogP contribution in [0.3, 0.4) is 0 Å². The molecular weight excluding hydrogens is 453 g/mol. The SMILES string of the molecule is C[C@@H](Oc1ccc2ncc3c(c2c1)CCOC3)c1cn(C23CC(C)(C2)OC3C(=O)NCCF)nn1. The third kappa shape index (κ3) is 3.66. The highest BCUT2D eigenvalue weighted by atomic mass is 19.1. The Balaban J connectivity index is 1.22. The van der Waals surface area contributed by atoms with Gasteiger partial charge in [0.05, 0.1) is 30.5 Å². The van der Waals surface area contributed by atoms with Gasteiger partial charge in [-0.1, -0.05) is 5.21 Å². The summed E-state index contributed by atoms with van der Waals surface area (Å²) in [6.07, 6.45) is 4.78. The van der Waals surface area contributed by atoms with Gasteiger partial charge in [0.15, 0.2) is 6.10 Å². The summed E-state index contributed by atoms with van der Waals surface area (Å²) in [6, 6.07) is 5.90. The fourth-order valence-electron chi connectivity index (χ4n) is 5.81. The lowest BCUT2D eigenvalue weighted by molar-refractivity contribution is -0.133. The number of nitrogens with one attached hydrogen (secondary N) is 1. The normalized spacial score (nSPS) is 27.8. The summed E-state index contributed by atoms with van der Waals surface area (Å²) in [4.78, 5) is 17.2. The first kappa shape index (κ1) is 22.4. The number of hydrogen-bond donors (Lipinski definition) is 1. The monoisotopic (exact) mass is 481 g/mol. The molecular formula is C25H28FN5O4. The van der Waals surface area contributed by atoms with Crippen molar-refractivity contribution in [2.24, 2.45) is 0 Å². The molecule has 1 N–H and O–H groups in total. The van der Waals surface area contributed by atoms with Gasteiger partial charge in [0.25, 0.3) is 5.91 Å². The predicted molar refractivity (Wildman–Crippen MR) is 124 cm³/mol. The van der Waals surface area contributed by atoms with Gasteiger partial charge in [-0.3, -0.25) is 9.78 Å². The van der Waals surface area contributed by atoms with Crippen LogP contribution in [0.5, 0.6) is 5.75 Å². The molecule has 184 valence electrons. The Bertz CT molecular complexity index is 1290. The first-order valence-corrected chi connectivity index (χ1v) is 12.0. The number of benzene rings is 1. The second-order valence-electron chi connectivity index (χ2n) is 9.98. The molecule has 1 unspecified atom stereocenters. The van der Waals surface area contributed by atoms with Crippen LogP contribution in [-0.4, -0.2) is 57.4 Å². The molecule has 0 radical (unpaired) electrons. The van der Waals surface area contributed by atoms with E-state index < -0.39 is 18.3 Å². The van der Waals surface area contributed by atoms with Crippen molar-refractivity contribution < 1.29 is 23.4 Å². The van der Waals surface area contributed by atoms with E-state index in [9.17, 15) is 9.18 Å². The second kappa shape index (κ2) is 8.23. The van der Waals surface area contributed by atoms with Crippen LogP contribution in [0.1, 0.15) is 49.6 Å². The van der Waals surface area contributed by atoms with E-state index in [1.165, 1.54) is 5.56 Å². The standard InChI is InChI=1S/C25H28FN5O4/c1-15(34-17-3-4-20-19(9-17)18-5-8-33-12-16(18)10-28-20)21-11-31(30-29-21)25-13-24(2,14-25)35-22(25)23(32)27-7-6-26/h3-4,9-11,15,22H,5-8,12-14H2,1-2H3,(H,27,32)/t15-,22?,24?,25?/m1/s1. The summed E-state index contributed by atoms with van der Waals surface area (Å²) in [5, 5.41) is 12.4. The average molecular weight is 482 g/mol. The number of halogens is 1. The minimum atomic E-state index is -0.729. The number of fused-ring (bicyclic) bond motifs is 4. The van der Waals surface area contributed by atoms with E-state index >= 15 is 0 Å². The quantitative estimate of drug-likeness (QED) is 0.554. The first-order valence-electron chi connectivity index (χ1n) is 12.0. The minimum Gasteiger partial charge on any atom is -0.484 e. The molecule has 1 aliphatic carbocycles. The molecule has 1 aromatic carbocycles. The van der Waals surface area contributed by atoms with E-state index in [2.05, 4.69) is 20.6 Å². The lowest BCUT2D eigenvalue weighted by Gasteiger charge is -2.42. The number of hydrogen-bond acceptors (Lipinski definition) is 7. The number of pyridine rings is 1. The summed E-state index contributed by atoms with van der Waals surface area (Å²) in [5.74, 6) is 0.409. The van der Waals surface area contributed by atoms with Crippen LogP contribution < -0.4 is 10.1 Å². The Morgan fingerprint density at radius 1 is 1.40 bits per heavy atom. The van der Waals surface area contributed by atoms with Crippen LogP contribution in [0.25, 0.3) is 10.9 Å². The fraction of sp³-hybridized carbons (Fsp3) is 0.520. The van der Waals surface area contributed by atoms with E-state index in [1.807, 2.05) is 44.4 Å². The van der Waals surface area contributed by atoms with Gasteiger partial charge >= 0.3 is 0 Å². The number of aromatic nitrogens is 4. The Hall–Kier alpha value is -3.11. The van der Waals surface area contributed by atoms with Gasteiger partial charge in [-0.05, 0) is 49.6 Å². The number of rotatable bonds is 7. The maximum Gasteiger partial charge on any atom is 0.251 e. The highest BCUT2D eigenvalue weighted by molar-refractivity contribution is 5.85. The largest absolute Gasteiger partial charge is 0.484 e. The Morgan fingerprint density at radius 3 is 3.09 bits per heavy atom. The number of ether oxygens (including phenoxy) is 3. The van der Waals surface area contributed by atoms with Crippen LogP contribution in [0, 0.1) is 0 Å². The molecule has 7 rings (SSSR count). The van der Waals surface area contributed by atoms with Gasteiger partial charge < -0.3 is 19.5 Å². The third-order valence-corrected chi connectivity index (χ3v) is 7.37. The average Bonchev–Trinajstić information content (AvgIpc) is 3.53. The molecule has 2 bridgehead atoms. The van der Waals surface area contributed by atoms with E-state index in [1.54, 1.807) is 4.68 Å². The zero-order valence-corrected chi connectivity index (χ0v) is 19.8. The second-order valence-corrected chi connectivity index (χ2v) is 9.98. The van der Waals surface area contributed by atoms with Crippen molar-refractivity contribution in [2.75, 3.05) is 19.8 Å². The van der Waals surface area contributed by atoms with Crippen LogP contribution in [0.2, 0.25) is 0 Å². The maximum atomic E-state index is 12.7. The summed E-state index contributed by atoms with van der Waals surface area (Å²) >= 11 is 0. The van der Waals surface area contributed by atoms with Crippen molar-refractivity contribution in [3.63, 3.8) is 0 Å². The molecule has 1 saturated carbocycles. The molecule has 10 heteroatoms. The summed E-state index contributed by atoms with van der Waals surface area (Å²) in [6.45, 7) is 4.54. The third-order valence-electron chi connectivity index (χ3n) is 7.37. The minimum absolute atomic E-state index is 0.0313. The molecule has 35 heavy (non-hydrogen) atoms. The highest BCUT2D eigenvalue weighted by Crippen LogP contribution is 2.59. The van der Waals surface area contributed by atoms with Crippen molar-refractivity contribution in [3.05, 3.63) is 47.4 Å². The van der Waals surface area contributed by atoms with E-state index in [4.69, 9.17) is 14.2 Å². The first-order chi connectivity index (χ1) is 16.9. The molecule has 3 aliphatic heterocycles. The molecule has 1 amide bonds. The predicted octanol–water partition coefficient (Wildman–Crippen LogP) is 2.77. The van der Waals surface area contributed by atoms with Crippen molar-refractivity contribution in [3.8, 4) is 5.75 Å². The van der Waals surface area contributed by atoms with Crippen LogP contribution in [0.4, 0.5) is 4.39 Å². The number of carbonyl (C=O) groups excluding carboxylic acids is 1. The van der Waals surface area contributed by atoms with Gasteiger partial charge in [-0.25, -0.2) is 9.07 Å². The maximum absolute atomic E-state index is 12.7. The Kier molecular flexibility index (Phi) is 5.26. The summed E-state index contributed by atoms with van der Waals surface area (Å²) < 4.78 is 32.1. The number of amides is 1. The van der Waals surface area contributed by atoms with Crippen molar-refractivity contribution in [1.29, 1.82) is 0 Å². The zero-order chi connectivity index (χ0) is 24.2. The fourth-order valence-corrected chi connectivity index (χ4v) is 5.81. The molecule has 3 fully saturated rings. The van der Waals surface area contributed by atoms with E-state index in [0.29, 0.717) is 31.7 Å². The van der Waals surface area contributed by atoms with Crippen LogP contribution >= 0.6 is 0 Å². The van der Waals surface area contributed by atoms with Gasteiger partial charge in [0.1, 0.15) is 29.8 Å². The lowest BCUT2D eigenvalue weighted by atomic mass is 9.67. The lowest BCUT2D eigenvalue weighted by Crippen LogP contribution is -2.55. The van der Waals surface area contributed by atoms with Crippen LogP contribution in [-0.2, 0) is 32.8 Å². The molecule has 2 atom stereocenters. The molecule has 0 spiro atoms.